The van der Waals surface area contributed by atoms with Crippen LogP contribution in [0.1, 0.15) is 77.0 Å². The maximum absolute atomic E-state index is 14.6. The molecule has 40 heavy (non-hydrogen) atoms. The topological polar surface area (TPSA) is 90.3 Å². The number of hydrogen-bond acceptors (Lipinski definition) is 5. The molecule has 0 aromatic heterocycles. The summed E-state index contributed by atoms with van der Waals surface area (Å²) in [5, 5.41) is -1.75. The molecule has 6 unspecified atom stereocenters. The maximum atomic E-state index is 14.6. The summed E-state index contributed by atoms with van der Waals surface area (Å²) in [6.45, 7) is 0. The third-order valence-electron chi connectivity index (χ3n) is 9.43. The Hall–Kier alpha value is -0.730. The molecule has 0 radical (unpaired) electrons. The van der Waals surface area contributed by atoms with Gasteiger partial charge in [0.25, 0.3) is 0 Å². The van der Waals surface area contributed by atoms with E-state index < -0.39 is 71.8 Å². The molecular weight excluding hydrogens is 610 g/mol. The predicted octanol–water partition coefficient (Wildman–Crippen LogP) is 6.66. The average molecular weight is 646 g/mol. The number of Topliss-reactive ketones (excluding diaryl/α,β-unsaturated/α-hetero) is 1. The van der Waals surface area contributed by atoms with Gasteiger partial charge in [0.05, 0.1) is 5.25 Å². The molecule has 15 heteroatoms. The fourth-order valence-corrected chi connectivity index (χ4v) is 14.6. The van der Waals surface area contributed by atoms with Crippen LogP contribution in [0.25, 0.3) is 0 Å². The highest BCUT2D eigenvalue weighted by Gasteiger charge is 2.89. The van der Waals surface area contributed by atoms with Gasteiger partial charge in [0.2, 0.25) is 0 Å². The molecule has 6 atom stereocenters. The van der Waals surface area contributed by atoms with Crippen LogP contribution in [-0.2, 0) is 24.4 Å². The fraction of sp³-hybridized carbons (Fsp3) is 0.920. The van der Waals surface area contributed by atoms with Gasteiger partial charge in [0.1, 0.15) is 11.4 Å². The summed E-state index contributed by atoms with van der Waals surface area (Å²) in [5.41, 5.74) is 0. The fourth-order valence-electron chi connectivity index (χ4n) is 7.30. The maximum Gasteiger partial charge on any atom is 0.435 e. The number of hydrogen-bond donors (Lipinski definition) is 0. The van der Waals surface area contributed by atoms with E-state index in [0.29, 0.717) is 51.4 Å². The third-order valence-corrected chi connectivity index (χ3v) is 16.8. The van der Waals surface area contributed by atoms with Gasteiger partial charge in [-0.25, -0.2) is 4.79 Å². The number of carbonyl (C=O) groups excluding carboxylic acids is 2. The first kappa shape index (κ1) is 32.2. The molecule has 0 aliphatic heterocycles. The summed E-state index contributed by atoms with van der Waals surface area (Å²) < 4.78 is 117. The number of carbonyl (C=O) groups is 2. The van der Waals surface area contributed by atoms with Crippen molar-refractivity contribution in [2.45, 2.75) is 111 Å². The van der Waals surface area contributed by atoms with Crippen LogP contribution in [0, 0.1) is 17.8 Å². The SMILES string of the molecule is CS([OH+]S(=O)(=O)C(C(=O)OC1CC2CC1CC2CCl)(C(F)(F)F)C(F)(F)F)(C1CCCCC1)C1CCCCC1=O. The van der Waals surface area contributed by atoms with E-state index in [-0.39, 0.29) is 37.0 Å². The van der Waals surface area contributed by atoms with Crippen molar-refractivity contribution in [2.24, 2.45) is 17.8 Å². The molecule has 1 N–H and O–H groups in total. The van der Waals surface area contributed by atoms with Gasteiger partial charge in [-0.3, -0.25) is 8.42 Å². The first-order chi connectivity index (χ1) is 18.5. The quantitative estimate of drug-likeness (QED) is 0.0968. The molecule has 4 aliphatic carbocycles. The lowest BCUT2D eigenvalue weighted by Gasteiger charge is -2.46. The molecule has 4 rings (SSSR count). The number of rotatable bonds is 8. The van der Waals surface area contributed by atoms with E-state index in [1.807, 2.05) is 0 Å². The van der Waals surface area contributed by atoms with Gasteiger partial charge in [0.15, 0.2) is 5.78 Å². The Kier molecular flexibility index (Phi) is 9.18. The lowest BCUT2D eigenvalue weighted by Crippen LogP contribution is -2.69. The van der Waals surface area contributed by atoms with E-state index in [0.717, 1.165) is 6.42 Å². The van der Waals surface area contributed by atoms with Gasteiger partial charge in [-0.1, -0.05) is 25.7 Å². The van der Waals surface area contributed by atoms with Crippen molar-refractivity contribution in [1.82, 2.24) is 0 Å². The molecule has 4 fully saturated rings. The molecule has 0 saturated heterocycles. The first-order valence-electron chi connectivity index (χ1n) is 13.7. The Morgan fingerprint density at radius 1 is 0.925 bits per heavy atom. The Labute approximate surface area is 236 Å². The molecule has 0 aromatic rings. The van der Waals surface area contributed by atoms with E-state index in [1.54, 1.807) is 0 Å². The minimum Gasteiger partial charge on any atom is -0.460 e. The number of halogens is 7. The molecule has 2 bridgehead atoms. The molecule has 6 nitrogen and oxygen atoms in total. The zero-order chi connectivity index (χ0) is 29.7. The van der Waals surface area contributed by atoms with Crippen molar-refractivity contribution in [2.75, 3.05) is 12.1 Å². The predicted molar refractivity (Wildman–Crippen MR) is 139 cm³/mol. The molecule has 0 spiro atoms. The second-order valence-electron chi connectivity index (χ2n) is 11.8. The van der Waals surface area contributed by atoms with Crippen LogP contribution in [-0.4, -0.2) is 69.6 Å². The van der Waals surface area contributed by atoms with Crippen molar-refractivity contribution in [3.63, 3.8) is 0 Å². The van der Waals surface area contributed by atoms with Gasteiger partial charge in [-0.2, -0.15) is 34.8 Å². The van der Waals surface area contributed by atoms with E-state index in [9.17, 15) is 44.3 Å². The largest absolute Gasteiger partial charge is 0.460 e. The van der Waals surface area contributed by atoms with Crippen molar-refractivity contribution in [3.8, 4) is 0 Å². The highest BCUT2D eigenvalue weighted by atomic mass is 35.5. The summed E-state index contributed by atoms with van der Waals surface area (Å²) >= 11 is 5.89. The van der Waals surface area contributed by atoms with Crippen molar-refractivity contribution >= 4 is 43.8 Å². The number of fused-ring (bicyclic) bond motifs is 2. The molecule has 232 valence electrons. The average Bonchev–Trinajstić information content (AvgIpc) is 3.43. The molecule has 0 aromatic carbocycles. The molecule has 4 aliphatic rings. The van der Waals surface area contributed by atoms with Crippen molar-refractivity contribution in [3.05, 3.63) is 0 Å². The minimum atomic E-state index is -6.68. The van der Waals surface area contributed by atoms with Gasteiger partial charge >= 0.3 is 33.2 Å². The van der Waals surface area contributed by atoms with Crippen LogP contribution in [0.4, 0.5) is 26.3 Å². The number of ketones is 1. The normalized spacial score (nSPS) is 33.0. The number of alkyl halides is 7. The van der Waals surface area contributed by atoms with E-state index in [1.165, 1.54) is 6.26 Å². The standard InChI is InChI=1S/C25H35ClF6O6S2/c1-39(18-7-3-2-4-8-18,21-10-6-5-9-19(21)33)38-40(35,36)23(24(27,28)29,25(30,31)32)22(34)37-20-13-15-11-16(20)12-17(15)14-26/h15-18,20-21H,2-14H2,1H3/p+1. The Balaban J connectivity index is 1.76. The monoisotopic (exact) mass is 645 g/mol. The second-order valence-corrected chi connectivity index (χ2v) is 17.5. The van der Waals surface area contributed by atoms with Gasteiger partial charge in [-0.15, -0.1) is 11.6 Å². The summed E-state index contributed by atoms with van der Waals surface area (Å²) in [5.74, 6) is -3.71. The summed E-state index contributed by atoms with van der Waals surface area (Å²) in [7, 11) is -9.95. The zero-order valence-corrected chi connectivity index (χ0v) is 24.5. The number of ether oxygens (including phenoxy) is 1. The van der Waals surface area contributed by atoms with Crippen molar-refractivity contribution in [1.29, 1.82) is 0 Å². The summed E-state index contributed by atoms with van der Waals surface area (Å²) in [6, 6.07) is 0. The smallest absolute Gasteiger partial charge is 0.435 e. The number of esters is 1. The van der Waals surface area contributed by atoms with Crippen LogP contribution >= 0.6 is 21.9 Å². The van der Waals surface area contributed by atoms with E-state index in [4.69, 9.17) is 16.3 Å². The highest BCUT2D eigenvalue weighted by Crippen LogP contribution is 2.63. The Morgan fingerprint density at radius 3 is 2.02 bits per heavy atom. The lowest BCUT2D eigenvalue weighted by atomic mass is 9.88. The minimum absolute atomic E-state index is 0.00294. The van der Waals surface area contributed by atoms with E-state index in [2.05, 4.69) is 3.63 Å². The Morgan fingerprint density at radius 2 is 1.52 bits per heavy atom. The van der Waals surface area contributed by atoms with Gasteiger partial charge in [0, 0.05) is 18.6 Å². The Bertz CT molecular complexity index is 1060. The molecular formula is C25H36ClF6O6S2+. The second kappa shape index (κ2) is 11.4. The summed E-state index contributed by atoms with van der Waals surface area (Å²) in [6.07, 6.45) is -8.73. The van der Waals surface area contributed by atoms with Gasteiger partial charge < -0.3 is 4.74 Å². The first-order valence-corrected chi connectivity index (χ1v) is 17.8. The van der Waals surface area contributed by atoms with Crippen LogP contribution in [0.5, 0.6) is 0 Å². The lowest BCUT2D eigenvalue weighted by molar-refractivity contribution is -0.271. The molecule has 0 amide bonds. The summed E-state index contributed by atoms with van der Waals surface area (Å²) in [4.78, 5) is 26.0. The van der Waals surface area contributed by atoms with Crippen LogP contribution < -0.4 is 0 Å². The highest BCUT2D eigenvalue weighted by molar-refractivity contribution is 8.33. The van der Waals surface area contributed by atoms with Crippen LogP contribution in [0.2, 0.25) is 0 Å². The molecule has 0 heterocycles. The van der Waals surface area contributed by atoms with Crippen molar-refractivity contribution < 1.29 is 52.7 Å². The molecule has 4 saturated carbocycles. The van der Waals surface area contributed by atoms with Crippen LogP contribution in [0.15, 0.2) is 0 Å². The van der Waals surface area contributed by atoms with Crippen LogP contribution in [0.3, 0.4) is 0 Å². The van der Waals surface area contributed by atoms with Gasteiger partial charge in [-0.05, 0) is 73.0 Å². The van der Waals surface area contributed by atoms with E-state index >= 15 is 0 Å². The zero-order valence-electron chi connectivity index (χ0n) is 22.1. The third kappa shape index (κ3) is 5.40.